The zero-order chi connectivity index (χ0) is 21.6. The van der Waals surface area contributed by atoms with Crippen LogP contribution in [0.4, 0.5) is 5.69 Å². The van der Waals surface area contributed by atoms with E-state index in [9.17, 15) is 4.79 Å². The van der Waals surface area contributed by atoms with E-state index < -0.39 is 6.29 Å². The van der Waals surface area contributed by atoms with Gasteiger partial charge in [-0.1, -0.05) is 32.6 Å². The number of fused-ring (bicyclic) bond motifs is 1. The number of anilines is 1. The molecule has 0 radical (unpaired) electrons. The van der Waals surface area contributed by atoms with Gasteiger partial charge in [-0.25, -0.2) is 0 Å². The number of tetrazole rings is 1. The van der Waals surface area contributed by atoms with Gasteiger partial charge in [0.05, 0.1) is 12.2 Å². The number of ether oxygens (including phenoxy) is 3. The molecule has 2 aromatic carbocycles. The molecule has 9 nitrogen and oxygen atoms in total. The lowest BCUT2D eigenvalue weighted by Gasteiger charge is -2.10. The van der Waals surface area contributed by atoms with Crippen molar-refractivity contribution in [2.24, 2.45) is 0 Å². The lowest BCUT2D eigenvalue weighted by molar-refractivity contribution is 0.0401. The molecule has 0 spiro atoms. The van der Waals surface area contributed by atoms with Crippen LogP contribution >= 0.6 is 0 Å². The largest absolute Gasteiger partial charge is 0.494 e. The van der Waals surface area contributed by atoms with E-state index in [0.717, 1.165) is 18.6 Å². The van der Waals surface area contributed by atoms with Gasteiger partial charge in [0.15, 0.2) is 17.3 Å². The first-order valence-electron chi connectivity index (χ1n) is 10.4. The first-order chi connectivity index (χ1) is 15.2. The van der Waals surface area contributed by atoms with Gasteiger partial charge in [-0.2, -0.15) is 5.21 Å². The van der Waals surface area contributed by atoms with Crippen LogP contribution in [0.2, 0.25) is 0 Å². The predicted octanol–water partition coefficient (Wildman–Crippen LogP) is 3.83. The third-order valence-corrected chi connectivity index (χ3v) is 5.05. The molecule has 9 heteroatoms. The molecule has 1 aliphatic heterocycles. The summed E-state index contributed by atoms with van der Waals surface area (Å²) in [6.07, 6.45) is 5.00. The maximum absolute atomic E-state index is 13.2. The second-order valence-corrected chi connectivity index (χ2v) is 7.31. The molecule has 0 fully saturated rings. The molecular formula is C22H25N5O4. The summed E-state index contributed by atoms with van der Waals surface area (Å²) in [5.41, 5.74) is 7.13. The van der Waals surface area contributed by atoms with Gasteiger partial charge in [-0.05, 0) is 48.0 Å². The number of aromatic nitrogens is 4. The fraction of sp³-hybridized carbons (Fsp3) is 0.364. The molecule has 0 bridgehead atoms. The normalized spacial score (nSPS) is 14.5. The Morgan fingerprint density at radius 3 is 2.65 bits per heavy atom. The highest BCUT2D eigenvalue weighted by Gasteiger charge is 2.34. The van der Waals surface area contributed by atoms with Crippen LogP contribution in [-0.4, -0.2) is 33.0 Å². The molecule has 2 heterocycles. The van der Waals surface area contributed by atoms with Gasteiger partial charge in [-0.15, -0.1) is 10.2 Å². The number of unbranched alkanes of at least 4 members (excludes halogenated alkanes) is 4. The Balaban J connectivity index is 1.44. The van der Waals surface area contributed by atoms with Crippen LogP contribution in [0.5, 0.6) is 17.2 Å². The number of carbonyl (C=O) groups excluding carboxylic acids is 1. The monoisotopic (exact) mass is 423 g/mol. The molecule has 3 aromatic rings. The topological polar surface area (TPSA) is 125 Å². The van der Waals surface area contributed by atoms with E-state index in [1.54, 1.807) is 36.4 Å². The van der Waals surface area contributed by atoms with Crippen LogP contribution in [0.3, 0.4) is 0 Å². The summed E-state index contributed by atoms with van der Waals surface area (Å²) in [7, 11) is 0. The quantitative estimate of drug-likeness (QED) is 0.286. The Bertz CT molecular complexity index is 1020. The number of rotatable bonds is 10. The van der Waals surface area contributed by atoms with Crippen molar-refractivity contribution in [3.63, 3.8) is 0 Å². The van der Waals surface area contributed by atoms with Gasteiger partial charge < -0.3 is 19.9 Å². The number of nitrogens with zero attached hydrogens (tertiary/aromatic N) is 3. The number of aromatic amines is 1. The molecule has 0 saturated heterocycles. The number of hydrogen-bond donors (Lipinski definition) is 2. The fourth-order valence-electron chi connectivity index (χ4n) is 3.39. The molecule has 162 valence electrons. The molecule has 1 unspecified atom stereocenters. The minimum absolute atomic E-state index is 0.226. The predicted molar refractivity (Wildman–Crippen MR) is 113 cm³/mol. The number of benzene rings is 2. The van der Waals surface area contributed by atoms with Crippen molar-refractivity contribution < 1.29 is 19.0 Å². The minimum Gasteiger partial charge on any atom is -0.494 e. The van der Waals surface area contributed by atoms with Crippen LogP contribution < -0.4 is 19.9 Å². The highest BCUT2D eigenvalue weighted by Crippen LogP contribution is 2.45. The number of nitrogens with two attached hydrogens (primary N) is 1. The Morgan fingerprint density at radius 2 is 1.90 bits per heavy atom. The van der Waals surface area contributed by atoms with Gasteiger partial charge in [0.25, 0.3) is 5.82 Å². The van der Waals surface area contributed by atoms with Crippen molar-refractivity contribution in [1.82, 2.24) is 20.6 Å². The number of carbonyl (C=O) groups is 1. The molecule has 3 N–H and O–H groups in total. The zero-order valence-corrected chi connectivity index (χ0v) is 17.3. The first kappa shape index (κ1) is 20.6. The summed E-state index contributed by atoms with van der Waals surface area (Å²) in [5, 5.41) is 13.6. The Kier molecular flexibility index (Phi) is 6.30. The zero-order valence-electron chi connectivity index (χ0n) is 17.3. The smallest absolute Gasteiger partial charge is 0.306 e. The summed E-state index contributed by atoms with van der Waals surface area (Å²) in [6.45, 7) is 2.86. The number of hydrogen-bond acceptors (Lipinski definition) is 8. The average molecular weight is 423 g/mol. The molecule has 1 atom stereocenters. The number of nitrogens with one attached hydrogen (secondary N) is 1. The molecule has 1 aromatic heterocycles. The standard InChI is InChI=1S/C22H25N5O4/c1-2-3-4-5-6-13-29-15-9-7-14(8-10-15)19(28)18-16(23)11-12-17-20(18)31-22(30-17)21-24-26-27-25-21/h7-12,22H,2-6,13,23H2,1H3,(H,24,25,26,27). The van der Waals surface area contributed by atoms with Crippen molar-refractivity contribution in [2.75, 3.05) is 12.3 Å². The van der Waals surface area contributed by atoms with E-state index in [4.69, 9.17) is 19.9 Å². The summed E-state index contributed by atoms with van der Waals surface area (Å²) in [4.78, 5) is 13.2. The van der Waals surface area contributed by atoms with Gasteiger partial charge in [-0.3, -0.25) is 4.79 Å². The van der Waals surface area contributed by atoms with Crippen molar-refractivity contribution >= 4 is 11.5 Å². The third kappa shape index (κ3) is 4.60. The van der Waals surface area contributed by atoms with Crippen molar-refractivity contribution in [3.8, 4) is 17.2 Å². The Labute approximate surface area is 179 Å². The van der Waals surface area contributed by atoms with E-state index in [0.29, 0.717) is 23.6 Å². The van der Waals surface area contributed by atoms with E-state index in [-0.39, 0.29) is 22.9 Å². The molecule has 0 amide bonds. The highest BCUT2D eigenvalue weighted by molar-refractivity contribution is 6.14. The Hall–Kier alpha value is -3.62. The summed E-state index contributed by atoms with van der Waals surface area (Å²) in [5.74, 6) is 1.36. The van der Waals surface area contributed by atoms with E-state index in [2.05, 4.69) is 27.5 Å². The van der Waals surface area contributed by atoms with Gasteiger partial charge in [0, 0.05) is 11.3 Å². The maximum atomic E-state index is 13.2. The maximum Gasteiger partial charge on any atom is 0.306 e. The lowest BCUT2D eigenvalue weighted by atomic mass is 10.00. The van der Waals surface area contributed by atoms with Crippen LogP contribution in [0.1, 0.15) is 67.1 Å². The van der Waals surface area contributed by atoms with Crippen molar-refractivity contribution in [2.45, 2.75) is 45.3 Å². The van der Waals surface area contributed by atoms with Crippen LogP contribution in [0.15, 0.2) is 36.4 Å². The SMILES string of the molecule is CCCCCCCOc1ccc(C(=O)c2c(N)ccc3c2OC(c2nn[nH]n2)O3)cc1. The Morgan fingerprint density at radius 1 is 1.10 bits per heavy atom. The average Bonchev–Trinajstić information content (AvgIpc) is 3.46. The minimum atomic E-state index is -0.893. The molecule has 0 saturated carbocycles. The lowest BCUT2D eigenvalue weighted by Crippen LogP contribution is -2.11. The molecule has 1 aliphatic rings. The van der Waals surface area contributed by atoms with Gasteiger partial charge in [0.2, 0.25) is 0 Å². The molecule has 0 aliphatic carbocycles. The van der Waals surface area contributed by atoms with Crippen LogP contribution in [-0.2, 0) is 0 Å². The summed E-state index contributed by atoms with van der Waals surface area (Å²) in [6, 6.07) is 10.3. The van der Waals surface area contributed by atoms with Crippen LogP contribution in [0.25, 0.3) is 0 Å². The highest BCUT2D eigenvalue weighted by atomic mass is 16.7. The van der Waals surface area contributed by atoms with Gasteiger partial charge >= 0.3 is 6.29 Å². The van der Waals surface area contributed by atoms with E-state index in [1.807, 2.05) is 0 Å². The second kappa shape index (κ2) is 9.46. The number of H-pyrrole nitrogens is 1. The first-order valence-corrected chi connectivity index (χ1v) is 10.4. The van der Waals surface area contributed by atoms with Gasteiger partial charge in [0.1, 0.15) is 5.75 Å². The molecular weight excluding hydrogens is 398 g/mol. The van der Waals surface area contributed by atoms with Crippen LogP contribution in [0, 0.1) is 0 Å². The molecule has 4 rings (SSSR count). The second-order valence-electron chi connectivity index (χ2n) is 7.31. The summed E-state index contributed by atoms with van der Waals surface area (Å²) < 4.78 is 17.3. The third-order valence-electron chi connectivity index (χ3n) is 5.05. The van der Waals surface area contributed by atoms with E-state index >= 15 is 0 Å². The fourth-order valence-corrected chi connectivity index (χ4v) is 3.39. The summed E-state index contributed by atoms with van der Waals surface area (Å²) >= 11 is 0. The van der Waals surface area contributed by atoms with Crippen molar-refractivity contribution in [1.29, 1.82) is 0 Å². The number of ketones is 1. The number of nitrogen functional groups attached to an aromatic ring is 1. The van der Waals surface area contributed by atoms with E-state index in [1.165, 1.54) is 19.3 Å². The van der Waals surface area contributed by atoms with Crippen molar-refractivity contribution in [3.05, 3.63) is 53.3 Å². The molecule has 31 heavy (non-hydrogen) atoms.